The van der Waals surface area contributed by atoms with Crippen molar-refractivity contribution in [3.8, 4) is 0 Å². The van der Waals surface area contributed by atoms with Gasteiger partial charge in [-0.1, -0.05) is 0 Å². The van der Waals surface area contributed by atoms with Gasteiger partial charge in [0.25, 0.3) is 5.91 Å². The second kappa shape index (κ2) is 5.19. The fraction of sp³-hybridized carbons (Fsp3) is 0.167. The molecule has 0 spiro atoms. The van der Waals surface area contributed by atoms with E-state index >= 15 is 0 Å². The van der Waals surface area contributed by atoms with Crippen molar-refractivity contribution < 1.29 is 14.0 Å². The molecule has 0 aromatic carbocycles. The number of urea groups is 1. The number of imide groups is 1. The number of nitrogens with zero attached hydrogens (tertiary/aromatic N) is 3. The Morgan fingerprint density at radius 2 is 2.24 bits per heavy atom. The number of nitrogens with one attached hydrogen (secondary N) is 3. The molecule has 3 N–H and O–H groups in total. The van der Waals surface area contributed by atoms with Crippen LogP contribution in [0.25, 0.3) is 11.7 Å². The highest BCUT2D eigenvalue weighted by Crippen LogP contribution is 2.15. The fourth-order valence-corrected chi connectivity index (χ4v) is 1.90. The molecule has 0 radical (unpaired) electrons. The van der Waals surface area contributed by atoms with Crippen molar-refractivity contribution in [1.82, 2.24) is 25.2 Å². The Hall–Kier alpha value is -2.97. The highest BCUT2D eigenvalue weighted by atomic mass is 19.1. The minimum absolute atomic E-state index is 0.124. The summed E-state index contributed by atoms with van der Waals surface area (Å²) in [5.74, 6) is -0.00809. The van der Waals surface area contributed by atoms with Crippen LogP contribution in [0.1, 0.15) is 5.56 Å². The van der Waals surface area contributed by atoms with Gasteiger partial charge in [0.1, 0.15) is 18.2 Å². The number of carbonyl (C=O) groups is 2. The molecule has 1 fully saturated rings. The van der Waals surface area contributed by atoms with E-state index in [-0.39, 0.29) is 12.2 Å². The van der Waals surface area contributed by atoms with E-state index in [4.69, 9.17) is 0 Å². The first-order valence-corrected chi connectivity index (χ1v) is 6.15. The zero-order valence-corrected chi connectivity index (χ0v) is 10.8. The number of amides is 3. The predicted molar refractivity (Wildman–Crippen MR) is 72.1 cm³/mol. The average Bonchev–Trinajstić information content (AvgIpc) is 3.00. The number of anilines is 1. The summed E-state index contributed by atoms with van der Waals surface area (Å²) in [6, 6.07) is 1.09. The lowest BCUT2D eigenvalue weighted by Crippen LogP contribution is -2.22. The summed E-state index contributed by atoms with van der Waals surface area (Å²) in [4.78, 5) is 26.8. The lowest BCUT2D eigenvalue weighted by molar-refractivity contribution is -0.115. The topological polar surface area (TPSA) is 100 Å². The zero-order valence-electron chi connectivity index (χ0n) is 10.8. The molecule has 108 valence electrons. The minimum atomic E-state index is -0.569. The molecule has 1 aliphatic heterocycles. The summed E-state index contributed by atoms with van der Waals surface area (Å²) in [5.41, 5.74) is 1.17. The maximum absolute atomic E-state index is 12.2. The minimum Gasteiger partial charge on any atom is -0.367 e. The van der Waals surface area contributed by atoms with Crippen molar-refractivity contribution in [1.29, 1.82) is 0 Å². The van der Waals surface area contributed by atoms with E-state index in [2.05, 4.69) is 26.0 Å². The third-order valence-electron chi connectivity index (χ3n) is 2.82. The van der Waals surface area contributed by atoms with E-state index in [9.17, 15) is 14.0 Å². The van der Waals surface area contributed by atoms with Crippen LogP contribution < -0.4 is 16.0 Å². The standard InChI is InChI=1S/C12H11FN6O2/c13-2-3-14-9-1-4-19-10(17-9)7(6-15-19)5-8-11(20)18-12(21)16-8/h1,4-6H,2-3H2,(H,14,17)(H2,16,18,20,21). The van der Waals surface area contributed by atoms with E-state index in [0.717, 1.165) is 0 Å². The van der Waals surface area contributed by atoms with Crippen molar-refractivity contribution in [3.63, 3.8) is 0 Å². The van der Waals surface area contributed by atoms with E-state index in [1.165, 1.54) is 16.8 Å². The monoisotopic (exact) mass is 290 g/mol. The number of fused-ring (bicyclic) bond motifs is 1. The van der Waals surface area contributed by atoms with Gasteiger partial charge < -0.3 is 10.6 Å². The molecule has 8 nitrogen and oxygen atoms in total. The van der Waals surface area contributed by atoms with Crippen LogP contribution >= 0.6 is 0 Å². The zero-order chi connectivity index (χ0) is 14.8. The van der Waals surface area contributed by atoms with Crippen molar-refractivity contribution in [3.05, 3.63) is 29.7 Å². The van der Waals surface area contributed by atoms with Crippen molar-refractivity contribution in [2.24, 2.45) is 0 Å². The molecule has 2 aromatic heterocycles. The fourth-order valence-electron chi connectivity index (χ4n) is 1.90. The molecule has 3 heterocycles. The van der Waals surface area contributed by atoms with Crippen molar-refractivity contribution in [2.45, 2.75) is 0 Å². The molecule has 1 aliphatic rings. The Morgan fingerprint density at radius 1 is 1.38 bits per heavy atom. The van der Waals surface area contributed by atoms with Crippen LogP contribution in [-0.2, 0) is 4.79 Å². The first kappa shape index (κ1) is 13.0. The molecule has 3 amide bonds. The van der Waals surface area contributed by atoms with E-state index in [1.54, 1.807) is 12.3 Å². The molecule has 0 unspecified atom stereocenters. The number of hydrogen-bond donors (Lipinski definition) is 3. The normalized spacial score (nSPS) is 16.3. The van der Waals surface area contributed by atoms with Gasteiger partial charge in [0.15, 0.2) is 5.65 Å². The quantitative estimate of drug-likeness (QED) is 0.555. The molecule has 2 aromatic rings. The van der Waals surface area contributed by atoms with Crippen molar-refractivity contribution in [2.75, 3.05) is 18.5 Å². The van der Waals surface area contributed by atoms with Crippen LogP contribution in [0.3, 0.4) is 0 Å². The van der Waals surface area contributed by atoms with E-state index in [1.807, 2.05) is 0 Å². The number of aromatic nitrogens is 3. The maximum Gasteiger partial charge on any atom is 0.326 e. The summed E-state index contributed by atoms with van der Waals surface area (Å²) in [6.07, 6.45) is 4.67. The van der Waals surface area contributed by atoms with Gasteiger partial charge in [-0.05, 0) is 12.1 Å². The van der Waals surface area contributed by atoms with Crippen LogP contribution in [0.5, 0.6) is 0 Å². The van der Waals surface area contributed by atoms with Crippen LogP contribution in [0, 0.1) is 0 Å². The maximum atomic E-state index is 12.2. The van der Waals surface area contributed by atoms with Gasteiger partial charge in [0, 0.05) is 18.3 Å². The molecular weight excluding hydrogens is 279 g/mol. The van der Waals surface area contributed by atoms with Crippen molar-refractivity contribution >= 4 is 29.5 Å². The Balaban J connectivity index is 1.97. The summed E-state index contributed by atoms with van der Waals surface area (Å²) in [5, 5.41) is 11.4. The Labute approximate surface area is 118 Å². The predicted octanol–water partition coefficient (Wildman–Crippen LogP) is 0.291. The molecule has 3 rings (SSSR count). The summed E-state index contributed by atoms with van der Waals surface area (Å²) in [6.45, 7) is -0.346. The molecular formula is C12H11FN6O2. The number of alkyl halides is 1. The first-order valence-electron chi connectivity index (χ1n) is 6.15. The third-order valence-corrected chi connectivity index (χ3v) is 2.82. The second-order valence-corrected chi connectivity index (χ2v) is 4.26. The van der Waals surface area contributed by atoms with Gasteiger partial charge in [-0.2, -0.15) is 5.10 Å². The van der Waals surface area contributed by atoms with Gasteiger partial charge in [-0.3, -0.25) is 10.1 Å². The second-order valence-electron chi connectivity index (χ2n) is 4.26. The highest BCUT2D eigenvalue weighted by molar-refractivity contribution is 6.14. The largest absolute Gasteiger partial charge is 0.367 e. The highest BCUT2D eigenvalue weighted by Gasteiger charge is 2.23. The van der Waals surface area contributed by atoms with Crippen LogP contribution in [0.15, 0.2) is 24.2 Å². The number of halogens is 1. The number of rotatable bonds is 4. The molecule has 21 heavy (non-hydrogen) atoms. The molecule has 1 saturated heterocycles. The summed E-state index contributed by atoms with van der Waals surface area (Å²) < 4.78 is 13.7. The van der Waals surface area contributed by atoms with Gasteiger partial charge in [-0.25, -0.2) is 18.7 Å². The van der Waals surface area contributed by atoms with Gasteiger partial charge in [0.2, 0.25) is 0 Å². The molecule has 0 atom stereocenters. The Kier molecular flexibility index (Phi) is 3.22. The molecule has 0 aliphatic carbocycles. The first-order chi connectivity index (χ1) is 10.2. The lowest BCUT2D eigenvalue weighted by Gasteiger charge is -2.03. The van der Waals surface area contributed by atoms with Crippen LogP contribution in [0.4, 0.5) is 15.0 Å². The molecule has 0 bridgehead atoms. The molecule has 0 saturated carbocycles. The van der Waals surface area contributed by atoms with E-state index in [0.29, 0.717) is 17.0 Å². The lowest BCUT2D eigenvalue weighted by atomic mass is 10.2. The molecule has 9 heteroatoms. The van der Waals surface area contributed by atoms with Crippen LogP contribution in [-0.4, -0.2) is 39.8 Å². The van der Waals surface area contributed by atoms with Gasteiger partial charge in [0.05, 0.1) is 6.20 Å². The average molecular weight is 290 g/mol. The van der Waals surface area contributed by atoms with Gasteiger partial charge in [-0.15, -0.1) is 0 Å². The van der Waals surface area contributed by atoms with Crippen LogP contribution in [0.2, 0.25) is 0 Å². The summed E-state index contributed by atoms with van der Waals surface area (Å²) >= 11 is 0. The number of carbonyl (C=O) groups excluding carboxylic acids is 2. The van der Waals surface area contributed by atoms with Gasteiger partial charge >= 0.3 is 6.03 Å². The SMILES string of the molecule is O=C1NC(=O)C(=Cc2cnn3ccc(NCCF)nc23)N1. The number of hydrogen-bond acceptors (Lipinski definition) is 5. The Bertz CT molecular complexity index is 753. The Morgan fingerprint density at radius 3 is 2.95 bits per heavy atom. The van der Waals surface area contributed by atoms with E-state index < -0.39 is 18.6 Å². The third kappa shape index (κ3) is 2.53. The smallest absolute Gasteiger partial charge is 0.326 e. The summed E-state index contributed by atoms with van der Waals surface area (Å²) in [7, 11) is 0.